The van der Waals surface area contributed by atoms with Crippen LogP contribution in [0.25, 0.3) is 0 Å². The lowest BCUT2D eigenvalue weighted by Gasteiger charge is -2.18. The molecule has 2 aromatic carbocycles. The van der Waals surface area contributed by atoms with Crippen LogP contribution in [0.5, 0.6) is 5.75 Å². The van der Waals surface area contributed by atoms with E-state index in [4.69, 9.17) is 11.6 Å². The Morgan fingerprint density at radius 2 is 1.48 bits per heavy atom. The van der Waals surface area contributed by atoms with E-state index in [9.17, 15) is 5.11 Å². The van der Waals surface area contributed by atoms with Crippen molar-refractivity contribution < 1.29 is 5.11 Å². The number of hydrogen-bond acceptors (Lipinski definition) is 2. The van der Waals surface area contributed by atoms with Gasteiger partial charge in [-0.1, -0.05) is 54.1 Å². The minimum atomic E-state index is -0.121. The van der Waals surface area contributed by atoms with E-state index in [0.29, 0.717) is 10.7 Å². The molecule has 0 aliphatic heterocycles. The first-order valence-corrected chi connectivity index (χ1v) is 7.08. The van der Waals surface area contributed by atoms with Crippen molar-refractivity contribution in [3.05, 3.63) is 94.8 Å². The van der Waals surface area contributed by atoms with Gasteiger partial charge in [0.15, 0.2) is 0 Å². The van der Waals surface area contributed by atoms with Gasteiger partial charge in [-0.25, -0.2) is 0 Å². The second-order valence-corrected chi connectivity index (χ2v) is 5.24. The highest BCUT2D eigenvalue weighted by Crippen LogP contribution is 2.35. The predicted octanol–water partition coefficient (Wildman–Crippen LogP) is 4.62. The van der Waals surface area contributed by atoms with E-state index in [-0.39, 0.29) is 11.7 Å². The maximum absolute atomic E-state index is 10.2. The standard InChI is InChI=1S/C18H14ClNO/c19-15-10-8-14(9-11-15)17(13-5-2-1-3-6-13)18-16(21)7-4-12-20-18/h1-12,17,21H/t17-/m0/s1. The normalized spacial score (nSPS) is 12.0. The molecule has 2 nitrogen and oxygen atoms in total. The summed E-state index contributed by atoms with van der Waals surface area (Å²) in [6.07, 6.45) is 1.70. The predicted molar refractivity (Wildman–Crippen MR) is 84.7 cm³/mol. The van der Waals surface area contributed by atoms with Gasteiger partial charge in [-0.05, 0) is 35.4 Å². The molecule has 104 valence electrons. The molecular formula is C18H14ClNO. The third kappa shape index (κ3) is 2.91. The molecule has 0 amide bonds. The first-order valence-electron chi connectivity index (χ1n) is 6.70. The van der Waals surface area contributed by atoms with Crippen molar-refractivity contribution in [2.75, 3.05) is 0 Å². The van der Waals surface area contributed by atoms with Crippen molar-refractivity contribution in [3.8, 4) is 5.75 Å². The number of nitrogens with zero attached hydrogens (tertiary/aromatic N) is 1. The van der Waals surface area contributed by atoms with Crippen LogP contribution in [0, 0.1) is 0 Å². The summed E-state index contributed by atoms with van der Waals surface area (Å²) in [6.45, 7) is 0. The van der Waals surface area contributed by atoms with Crippen LogP contribution in [0.4, 0.5) is 0 Å². The van der Waals surface area contributed by atoms with Gasteiger partial charge in [0.1, 0.15) is 5.75 Å². The molecule has 0 aliphatic carbocycles. The first-order chi connectivity index (χ1) is 10.3. The molecule has 0 saturated heterocycles. The molecule has 1 heterocycles. The minimum Gasteiger partial charge on any atom is -0.506 e. The van der Waals surface area contributed by atoms with Gasteiger partial charge in [0.25, 0.3) is 0 Å². The molecule has 1 N–H and O–H groups in total. The van der Waals surface area contributed by atoms with Crippen LogP contribution >= 0.6 is 11.6 Å². The van der Waals surface area contributed by atoms with Crippen molar-refractivity contribution in [1.82, 2.24) is 4.98 Å². The highest BCUT2D eigenvalue weighted by atomic mass is 35.5. The highest BCUT2D eigenvalue weighted by molar-refractivity contribution is 6.30. The average Bonchev–Trinajstić information content (AvgIpc) is 2.52. The summed E-state index contributed by atoms with van der Waals surface area (Å²) in [6, 6.07) is 21.0. The summed E-state index contributed by atoms with van der Waals surface area (Å²) in [4.78, 5) is 4.37. The minimum absolute atomic E-state index is 0.121. The Kier molecular flexibility index (Phi) is 3.89. The molecule has 3 rings (SSSR count). The second-order valence-electron chi connectivity index (χ2n) is 4.80. The van der Waals surface area contributed by atoms with Crippen LogP contribution < -0.4 is 0 Å². The number of aromatic hydroxyl groups is 1. The van der Waals surface area contributed by atoms with Gasteiger partial charge in [-0.15, -0.1) is 0 Å². The Morgan fingerprint density at radius 1 is 0.810 bits per heavy atom. The summed E-state index contributed by atoms with van der Waals surface area (Å²) >= 11 is 5.97. The third-order valence-electron chi connectivity index (χ3n) is 3.43. The lowest BCUT2D eigenvalue weighted by atomic mass is 9.88. The molecule has 1 aromatic heterocycles. The highest BCUT2D eigenvalue weighted by Gasteiger charge is 2.20. The van der Waals surface area contributed by atoms with Crippen LogP contribution in [0.3, 0.4) is 0 Å². The van der Waals surface area contributed by atoms with Crippen LogP contribution in [0.1, 0.15) is 22.7 Å². The largest absolute Gasteiger partial charge is 0.506 e. The van der Waals surface area contributed by atoms with Crippen LogP contribution in [-0.4, -0.2) is 10.1 Å². The number of rotatable bonds is 3. The summed E-state index contributed by atoms with van der Waals surface area (Å²) in [5.74, 6) is 0.0750. The molecule has 0 aliphatic rings. The number of benzene rings is 2. The molecule has 0 spiro atoms. The van der Waals surface area contributed by atoms with E-state index in [1.807, 2.05) is 54.6 Å². The van der Waals surface area contributed by atoms with Crippen LogP contribution in [-0.2, 0) is 0 Å². The van der Waals surface area contributed by atoms with Crippen molar-refractivity contribution in [2.24, 2.45) is 0 Å². The lowest BCUT2D eigenvalue weighted by molar-refractivity contribution is 0.463. The fraction of sp³-hybridized carbons (Fsp3) is 0.0556. The molecule has 1 atom stereocenters. The van der Waals surface area contributed by atoms with Crippen molar-refractivity contribution >= 4 is 11.6 Å². The SMILES string of the molecule is Oc1cccnc1[C@@H](c1ccccc1)c1ccc(Cl)cc1. The Labute approximate surface area is 128 Å². The zero-order chi connectivity index (χ0) is 14.7. The van der Waals surface area contributed by atoms with Gasteiger partial charge in [0, 0.05) is 11.2 Å². The summed E-state index contributed by atoms with van der Waals surface area (Å²) in [5, 5.41) is 10.9. The Morgan fingerprint density at radius 3 is 2.14 bits per heavy atom. The fourth-order valence-electron chi connectivity index (χ4n) is 2.44. The van der Waals surface area contributed by atoms with Gasteiger partial charge in [-0.2, -0.15) is 0 Å². The Bertz CT molecular complexity index is 726. The maximum atomic E-state index is 10.2. The van der Waals surface area contributed by atoms with Crippen molar-refractivity contribution in [1.29, 1.82) is 0 Å². The Hall–Kier alpha value is -2.32. The lowest BCUT2D eigenvalue weighted by Crippen LogP contribution is -2.05. The summed E-state index contributed by atoms with van der Waals surface area (Å²) in [7, 11) is 0. The van der Waals surface area contributed by atoms with E-state index in [1.165, 1.54) is 0 Å². The zero-order valence-electron chi connectivity index (χ0n) is 11.3. The molecule has 3 heteroatoms. The van der Waals surface area contributed by atoms with Gasteiger partial charge in [-0.3, -0.25) is 4.98 Å². The van der Waals surface area contributed by atoms with Crippen LogP contribution in [0.15, 0.2) is 72.9 Å². The molecular weight excluding hydrogens is 282 g/mol. The number of pyridine rings is 1. The van der Waals surface area contributed by atoms with E-state index in [2.05, 4.69) is 4.98 Å². The average molecular weight is 296 g/mol. The van der Waals surface area contributed by atoms with Crippen molar-refractivity contribution in [2.45, 2.75) is 5.92 Å². The molecule has 0 bridgehead atoms. The van der Waals surface area contributed by atoms with Crippen molar-refractivity contribution in [3.63, 3.8) is 0 Å². The monoisotopic (exact) mass is 295 g/mol. The third-order valence-corrected chi connectivity index (χ3v) is 3.68. The number of hydrogen-bond donors (Lipinski definition) is 1. The zero-order valence-corrected chi connectivity index (χ0v) is 12.0. The topological polar surface area (TPSA) is 33.1 Å². The smallest absolute Gasteiger partial charge is 0.138 e. The molecule has 0 fully saturated rings. The van der Waals surface area contributed by atoms with Crippen LogP contribution in [0.2, 0.25) is 5.02 Å². The molecule has 0 unspecified atom stereocenters. The maximum Gasteiger partial charge on any atom is 0.138 e. The molecule has 21 heavy (non-hydrogen) atoms. The van der Waals surface area contributed by atoms with Gasteiger partial charge in [0.05, 0.1) is 11.6 Å². The van der Waals surface area contributed by atoms with Gasteiger partial charge < -0.3 is 5.11 Å². The second kappa shape index (κ2) is 5.98. The van der Waals surface area contributed by atoms with E-state index in [0.717, 1.165) is 11.1 Å². The summed E-state index contributed by atoms with van der Waals surface area (Å²) < 4.78 is 0. The first kappa shape index (κ1) is 13.7. The van der Waals surface area contributed by atoms with E-state index >= 15 is 0 Å². The molecule has 0 saturated carbocycles. The fourth-order valence-corrected chi connectivity index (χ4v) is 2.57. The molecule has 0 radical (unpaired) electrons. The van der Waals surface area contributed by atoms with E-state index < -0.39 is 0 Å². The van der Waals surface area contributed by atoms with Gasteiger partial charge >= 0.3 is 0 Å². The Balaban J connectivity index is 2.16. The van der Waals surface area contributed by atoms with E-state index in [1.54, 1.807) is 18.3 Å². The number of halogens is 1. The number of aromatic nitrogens is 1. The quantitative estimate of drug-likeness (QED) is 0.765. The summed E-state index contributed by atoms with van der Waals surface area (Å²) in [5.41, 5.74) is 2.76. The molecule has 3 aromatic rings. The van der Waals surface area contributed by atoms with Gasteiger partial charge in [0.2, 0.25) is 0 Å².